The van der Waals surface area contributed by atoms with Crippen LogP contribution in [-0.2, 0) is 19.1 Å². The number of anilines is 1. The molecule has 2 N–H and O–H groups in total. The molecule has 4 rings (SSSR count). The first-order chi connectivity index (χ1) is 17.3. The molecule has 0 saturated heterocycles. The van der Waals surface area contributed by atoms with E-state index in [0.29, 0.717) is 6.07 Å². The maximum Gasteiger partial charge on any atom is 0.417 e. The number of hydrogen-bond acceptors (Lipinski definition) is 7. The number of carboxylic acids is 1. The standard InChI is InChI=1S/C23H21ClF3N5O5.Li/c1-10(2)28-21-29-16-8-31(18(33)12-4-5-15(24)14(7-12)23(25,26)27)11(3)6-13(16)19(34)32(21)22-30-17(9-37-22)20(35)36;/h4-5,7,9-11H,6,8H2,1-3H3,(H,28,29)(H,35,36);/t11-;/m1./s1. The van der Waals surface area contributed by atoms with Crippen LogP contribution in [0.15, 0.2) is 33.7 Å². The summed E-state index contributed by atoms with van der Waals surface area (Å²) in [5.74, 6) is -2.01. The molecule has 1 radical (unpaired) electrons. The summed E-state index contributed by atoms with van der Waals surface area (Å²) in [7, 11) is 0. The van der Waals surface area contributed by atoms with Gasteiger partial charge in [0.25, 0.3) is 11.5 Å². The predicted octanol–water partition coefficient (Wildman–Crippen LogP) is 3.62. The van der Waals surface area contributed by atoms with Crippen molar-refractivity contribution in [3.05, 3.63) is 67.9 Å². The van der Waals surface area contributed by atoms with E-state index in [1.54, 1.807) is 20.8 Å². The number of oxazole rings is 1. The number of carbonyl (C=O) groups is 2. The van der Waals surface area contributed by atoms with Gasteiger partial charge in [0.2, 0.25) is 5.95 Å². The Balaban J connectivity index is 0.00000400. The smallest absolute Gasteiger partial charge is 0.417 e. The molecular weight excluding hydrogens is 526 g/mol. The third-order valence-electron chi connectivity index (χ3n) is 5.71. The average Bonchev–Trinajstić information content (AvgIpc) is 3.28. The van der Waals surface area contributed by atoms with Crippen LogP contribution in [0.4, 0.5) is 19.1 Å². The molecule has 2 aromatic heterocycles. The van der Waals surface area contributed by atoms with Gasteiger partial charge in [-0.2, -0.15) is 22.7 Å². The van der Waals surface area contributed by atoms with E-state index in [9.17, 15) is 27.6 Å². The van der Waals surface area contributed by atoms with E-state index in [2.05, 4.69) is 15.3 Å². The van der Waals surface area contributed by atoms with Gasteiger partial charge in [-0.25, -0.2) is 9.78 Å². The van der Waals surface area contributed by atoms with E-state index < -0.39 is 45.9 Å². The van der Waals surface area contributed by atoms with Crippen LogP contribution >= 0.6 is 11.6 Å². The molecule has 0 saturated carbocycles. The van der Waals surface area contributed by atoms with Gasteiger partial charge in [-0.1, -0.05) is 11.6 Å². The molecule has 15 heteroatoms. The molecule has 1 atom stereocenters. The first-order valence-electron chi connectivity index (χ1n) is 11.1. The minimum absolute atomic E-state index is 0. The van der Waals surface area contributed by atoms with Crippen LogP contribution in [0.5, 0.6) is 0 Å². The Morgan fingerprint density at radius 3 is 2.53 bits per heavy atom. The van der Waals surface area contributed by atoms with Gasteiger partial charge in [0, 0.05) is 42.1 Å². The van der Waals surface area contributed by atoms with Crippen LogP contribution in [0.25, 0.3) is 6.01 Å². The van der Waals surface area contributed by atoms with E-state index in [0.717, 1.165) is 16.9 Å². The van der Waals surface area contributed by atoms with Crippen LogP contribution in [0.3, 0.4) is 0 Å². The van der Waals surface area contributed by atoms with E-state index in [-0.39, 0.29) is 66.7 Å². The zero-order valence-corrected chi connectivity index (χ0v) is 21.5. The number of halogens is 4. The average molecular weight is 547 g/mol. The van der Waals surface area contributed by atoms with E-state index in [1.165, 1.54) is 11.0 Å². The second kappa shape index (κ2) is 10.8. The zero-order valence-electron chi connectivity index (χ0n) is 20.8. The number of rotatable bonds is 5. The van der Waals surface area contributed by atoms with Gasteiger partial charge < -0.3 is 19.7 Å². The number of nitrogens with one attached hydrogen (secondary N) is 1. The number of aromatic carboxylic acids is 1. The summed E-state index contributed by atoms with van der Waals surface area (Å²) in [6.45, 7) is 5.07. The number of benzene rings is 1. The molecular formula is C23H21ClF3LiN5O5. The Kier molecular flexibility index (Phi) is 8.35. The molecule has 1 amide bonds. The summed E-state index contributed by atoms with van der Waals surface area (Å²) >= 11 is 5.68. The van der Waals surface area contributed by atoms with Crippen molar-refractivity contribution in [1.82, 2.24) is 19.4 Å². The molecule has 1 aromatic carbocycles. The largest absolute Gasteiger partial charge is 0.476 e. The summed E-state index contributed by atoms with van der Waals surface area (Å²) < 4.78 is 46.2. The van der Waals surface area contributed by atoms with Crippen molar-refractivity contribution in [3.63, 3.8) is 0 Å². The van der Waals surface area contributed by atoms with Crippen molar-refractivity contribution in [1.29, 1.82) is 0 Å². The number of fused-ring (bicyclic) bond motifs is 1. The number of carboxylic acid groups (broad SMARTS) is 1. The molecule has 38 heavy (non-hydrogen) atoms. The summed E-state index contributed by atoms with van der Waals surface area (Å²) in [6.07, 6.45) is -3.80. The Hall–Kier alpha value is -3.27. The van der Waals surface area contributed by atoms with Crippen LogP contribution in [0.1, 0.15) is 58.4 Å². The molecule has 0 unspecified atom stereocenters. The number of carbonyl (C=O) groups excluding carboxylic acids is 1. The summed E-state index contributed by atoms with van der Waals surface area (Å²) in [5.41, 5.74) is -1.82. The van der Waals surface area contributed by atoms with Crippen molar-refractivity contribution in [2.24, 2.45) is 0 Å². The third kappa shape index (κ3) is 5.60. The molecule has 197 valence electrons. The van der Waals surface area contributed by atoms with E-state index >= 15 is 0 Å². The maximum atomic E-state index is 13.5. The van der Waals surface area contributed by atoms with Crippen molar-refractivity contribution in [2.75, 3.05) is 5.32 Å². The molecule has 0 bridgehead atoms. The third-order valence-corrected chi connectivity index (χ3v) is 6.04. The maximum absolute atomic E-state index is 13.5. The number of hydrogen-bond donors (Lipinski definition) is 2. The van der Waals surface area contributed by atoms with Crippen molar-refractivity contribution in [2.45, 2.75) is 52.0 Å². The number of amides is 1. The Morgan fingerprint density at radius 1 is 1.26 bits per heavy atom. The number of alkyl halides is 3. The van der Waals surface area contributed by atoms with Gasteiger partial charge in [-0.3, -0.25) is 9.59 Å². The topological polar surface area (TPSA) is 131 Å². The van der Waals surface area contributed by atoms with Gasteiger partial charge in [-0.05, 0) is 45.4 Å². The fourth-order valence-corrected chi connectivity index (χ4v) is 4.19. The van der Waals surface area contributed by atoms with E-state index in [4.69, 9.17) is 21.1 Å². The van der Waals surface area contributed by atoms with Gasteiger partial charge >= 0.3 is 18.2 Å². The monoisotopic (exact) mass is 546 g/mol. The minimum Gasteiger partial charge on any atom is -0.476 e. The van der Waals surface area contributed by atoms with Crippen LogP contribution in [0.2, 0.25) is 5.02 Å². The van der Waals surface area contributed by atoms with Gasteiger partial charge in [0.1, 0.15) is 6.26 Å². The summed E-state index contributed by atoms with van der Waals surface area (Å²) in [6, 6.07) is 1.85. The Morgan fingerprint density at radius 2 is 1.95 bits per heavy atom. The second-order valence-corrected chi connectivity index (χ2v) is 9.21. The van der Waals surface area contributed by atoms with Crippen molar-refractivity contribution < 1.29 is 32.3 Å². The number of nitrogens with zero attached hydrogens (tertiary/aromatic N) is 4. The quantitative estimate of drug-likeness (QED) is 0.464. The van der Waals surface area contributed by atoms with Gasteiger partial charge in [-0.15, -0.1) is 0 Å². The molecule has 0 spiro atoms. The Labute approximate surface area is 231 Å². The molecule has 0 fully saturated rings. The summed E-state index contributed by atoms with van der Waals surface area (Å²) in [5, 5.41) is 11.6. The molecule has 0 aliphatic carbocycles. The normalized spacial score (nSPS) is 15.2. The van der Waals surface area contributed by atoms with Crippen molar-refractivity contribution in [3.8, 4) is 6.01 Å². The second-order valence-electron chi connectivity index (χ2n) is 8.80. The molecule has 1 aliphatic rings. The predicted molar refractivity (Wildman–Crippen MR) is 131 cm³/mol. The summed E-state index contributed by atoms with van der Waals surface area (Å²) in [4.78, 5) is 47.6. The van der Waals surface area contributed by atoms with Crippen LogP contribution in [-0.4, -0.2) is 67.4 Å². The fraction of sp³-hybridized carbons (Fsp3) is 0.348. The first-order valence-corrected chi connectivity index (χ1v) is 11.4. The molecule has 10 nitrogen and oxygen atoms in total. The SMILES string of the molecule is CC(C)Nc1nc2c(c(=O)n1-c1nc(C(=O)O)co1)C[C@@H](C)N(C(=O)c1ccc(Cl)c(C(F)(F)F)c1)C2.[Li]. The van der Waals surface area contributed by atoms with Gasteiger partial charge in [0.15, 0.2) is 5.69 Å². The minimum atomic E-state index is -4.74. The first kappa shape index (κ1) is 29.3. The molecule has 1 aliphatic heterocycles. The van der Waals surface area contributed by atoms with Crippen LogP contribution < -0.4 is 10.9 Å². The van der Waals surface area contributed by atoms with Crippen LogP contribution in [0, 0.1) is 0 Å². The zero-order chi connectivity index (χ0) is 27.2. The van der Waals surface area contributed by atoms with Crippen molar-refractivity contribution >= 4 is 48.3 Å². The van der Waals surface area contributed by atoms with E-state index in [1.807, 2.05) is 0 Å². The fourth-order valence-electron chi connectivity index (χ4n) is 3.97. The molecule has 3 heterocycles. The Bertz CT molecular complexity index is 1460. The molecule has 3 aromatic rings. The number of aromatic nitrogens is 3. The van der Waals surface area contributed by atoms with Gasteiger partial charge in [0.05, 0.1) is 22.8 Å².